The highest BCUT2D eigenvalue weighted by Gasteiger charge is 2.43. The minimum Gasteiger partial charge on any atom is -0.444 e. The Morgan fingerprint density at radius 2 is 1.68 bits per heavy atom. The zero-order valence-electron chi connectivity index (χ0n) is 16.0. The van der Waals surface area contributed by atoms with Gasteiger partial charge in [-0.05, 0) is 20.8 Å². The number of alkyl halides is 3. The Kier molecular flexibility index (Phi) is 5.48. The summed E-state index contributed by atoms with van der Waals surface area (Å²) in [5.74, 6) is -1.81. The molecule has 0 aromatic carbocycles. The number of rotatable bonds is 1. The van der Waals surface area contributed by atoms with Gasteiger partial charge in [0.2, 0.25) is 0 Å². The summed E-state index contributed by atoms with van der Waals surface area (Å²) in [5, 5.41) is 0.718. The minimum absolute atomic E-state index is 0.0148. The number of carbonyl (C=O) groups is 2. The lowest BCUT2D eigenvalue weighted by Gasteiger charge is -2.35. The normalized spacial score (nSPS) is 18.1. The van der Waals surface area contributed by atoms with E-state index in [4.69, 9.17) is 4.74 Å². The Labute approximate surface area is 165 Å². The van der Waals surface area contributed by atoms with E-state index >= 15 is 0 Å². The Hall–Kier alpha value is -2.04. The third-order valence-electron chi connectivity index (χ3n) is 4.45. The zero-order chi connectivity index (χ0) is 20.7. The van der Waals surface area contributed by atoms with Crippen LogP contribution < -0.4 is 4.90 Å². The number of thiazole rings is 1. The van der Waals surface area contributed by atoms with Crippen LogP contribution in [-0.2, 0) is 22.5 Å². The molecule has 0 unspecified atom stereocenters. The molecule has 1 fully saturated rings. The summed E-state index contributed by atoms with van der Waals surface area (Å²) in [6, 6.07) is 0. The van der Waals surface area contributed by atoms with Gasteiger partial charge in [-0.15, -0.1) is 0 Å². The SMILES string of the molecule is CC(C)(C)OC(=O)N1CCN(c2nc3c(s2)CN(C(=O)C(F)(F)F)CC3)CC1. The van der Waals surface area contributed by atoms with Gasteiger partial charge in [-0.1, -0.05) is 11.3 Å². The van der Waals surface area contributed by atoms with Crippen molar-refractivity contribution < 1.29 is 27.5 Å². The van der Waals surface area contributed by atoms with Crippen molar-refractivity contribution in [3.8, 4) is 0 Å². The predicted octanol–water partition coefficient (Wildman–Crippen LogP) is 2.65. The van der Waals surface area contributed by atoms with Crippen LogP contribution in [0.25, 0.3) is 0 Å². The van der Waals surface area contributed by atoms with Gasteiger partial charge in [0.15, 0.2) is 5.13 Å². The maximum absolute atomic E-state index is 12.7. The number of nitrogens with zero attached hydrogens (tertiary/aromatic N) is 4. The summed E-state index contributed by atoms with van der Waals surface area (Å²) < 4.78 is 43.3. The largest absolute Gasteiger partial charge is 0.471 e. The number of ether oxygens (including phenoxy) is 1. The van der Waals surface area contributed by atoms with E-state index in [0.29, 0.717) is 37.5 Å². The van der Waals surface area contributed by atoms with Crippen LogP contribution >= 0.6 is 11.3 Å². The Morgan fingerprint density at radius 1 is 1.04 bits per heavy atom. The van der Waals surface area contributed by atoms with Gasteiger partial charge in [0, 0.05) is 44.0 Å². The van der Waals surface area contributed by atoms with Crippen molar-refractivity contribution in [3.05, 3.63) is 10.6 Å². The molecule has 0 radical (unpaired) electrons. The molecule has 2 aliphatic rings. The number of hydrogen-bond donors (Lipinski definition) is 0. The lowest BCUT2D eigenvalue weighted by atomic mass is 10.2. The van der Waals surface area contributed by atoms with E-state index in [1.807, 2.05) is 25.7 Å². The average Bonchev–Trinajstić information content (AvgIpc) is 3.02. The van der Waals surface area contributed by atoms with Crippen LogP contribution in [0.3, 0.4) is 0 Å². The molecule has 7 nitrogen and oxygen atoms in total. The molecule has 3 rings (SSSR count). The van der Waals surface area contributed by atoms with E-state index in [2.05, 4.69) is 4.98 Å². The lowest BCUT2D eigenvalue weighted by Crippen LogP contribution is -2.50. The van der Waals surface area contributed by atoms with Crippen molar-refractivity contribution in [2.75, 3.05) is 37.6 Å². The molecule has 2 amide bonds. The summed E-state index contributed by atoms with van der Waals surface area (Å²) in [7, 11) is 0. The number of halogens is 3. The molecular formula is C17H23F3N4O3S. The third-order valence-corrected chi connectivity index (χ3v) is 5.59. The fourth-order valence-corrected chi connectivity index (χ4v) is 4.25. The molecular weight excluding hydrogens is 397 g/mol. The van der Waals surface area contributed by atoms with Crippen LogP contribution in [-0.4, -0.2) is 71.3 Å². The van der Waals surface area contributed by atoms with Crippen molar-refractivity contribution in [2.24, 2.45) is 0 Å². The third kappa shape index (κ3) is 4.68. The maximum Gasteiger partial charge on any atom is 0.471 e. The molecule has 11 heteroatoms. The smallest absolute Gasteiger partial charge is 0.444 e. The summed E-state index contributed by atoms with van der Waals surface area (Å²) >= 11 is 1.31. The van der Waals surface area contributed by atoms with Crippen molar-refractivity contribution in [1.82, 2.24) is 14.8 Å². The van der Waals surface area contributed by atoms with Gasteiger partial charge in [-0.3, -0.25) is 4.79 Å². The van der Waals surface area contributed by atoms with E-state index in [1.54, 1.807) is 4.90 Å². The second-order valence-electron chi connectivity index (χ2n) is 7.80. The number of carbonyl (C=O) groups excluding carboxylic acids is 2. The predicted molar refractivity (Wildman–Crippen MR) is 97.3 cm³/mol. The molecule has 0 bridgehead atoms. The van der Waals surface area contributed by atoms with Crippen LogP contribution in [0.1, 0.15) is 31.3 Å². The number of aromatic nitrogens is 1. The maximum atomic E-state index is 12.7. The van der Waals surface area contributed by atoms with Gasteiger partial charge in [-0.2, -0.15) is 13.2 Å². The first-order chi connectivity index (χ1) is 12.9. The van der Waals surface area contributed by atoms with Crippen molar-refractivity contribution in [1.29, 1.82) is 0 Å². The topological polar surface area (TPSA) is 66.0 Å². The average molecular weight is 420 g/mol. The summed E-state index contributed by atoms with van der Waals surface area (Å²) in [6.07, 6.45) is -4.90. The molecule has 3 heterocycles. The molecule has 0 spiro atoms. The van der Waals surface area contributed by atoms with Gasteiger partial charge in [0.05, 0.1) is 12.2 Å². The van der Waals surface area contributed by atoms with Crippen molar-refractivity contribution in [2.45, 2.75) is 45.5 Å². The van der Waals surface area contributed by atoms with Gasteiger partial charge >= 0.3 is 18.2 Å². The fraction of sp³-hybridized carbons (Fsp3) is 0.706. The van der Waals surface area contributed by atoms with E-state index in [9.17, 15) is 22.8 Å². The van der Waals surface area contributed by atoms with E-state index in [-0.39, 0.29) is 19.2 Å². The molecule has 0 aliphatic carbocycles. The molecule has 2 aliphatic heterocycles. The van der Waals surface area contributed by atoms with Gasteiger partial charge in [0.25, 0.3) is 0 Å². The van der Waals surface area contributed by atoms with Crippen LogP contribution in [0.15, 0.2) is 0 Å². The first-order valence-corrected chi connectivity index (χ1v) is 9.83. The van der Waals surface area contributed by atoms with Gasteiger partial charge in [0.1, 0.15) is 5.60 Å². The highest BCUT2D eigenvalue weighted by molar-refractivity contribution is 7.15. The van der Waals surface area contributed by atoms with Crippen molar-refractivity contribution >= 4 is 28.5 Å². The number of amides is 2. The van der Waals surface area contributed by atoms with Crippen molar-refractivity contribution in [3.63, 3.8) is 0 Å². The number of fused-ring (bicyclic) bond motifs is 1. The van der Waals surface area contributed by atoms with E-state index in [0.717, 1.165) is 15.7 Å². The molecule has 1 aromatic heterocycles. The monoisotopic (exact) mass is 420 g/mol. The molecule has 1 aromatic rings. The second kappa shape index (κ2) is 7.41. The van der Waals surface area contributed by atoms with Crippen LogP contribution in [0.5, 0.6) is 0 Å². The summed E-state index contributed by atoms with van der Waals surface area (Å²) in [6.45, 7) is 7.49. The lowest BCUT2D eigenvalue weighted by molar-refractivity contribution is -0.186. The highest BCUT2D eigenvalue weighted by atomic mass is 32.1. The minimum atomic E-state index is -4.86. The molecule has 0 N–H and O–H groups in total. The number of anilines is 1. The fourth-order valence-electron chi connectivity index (χ4n) is 3.08. The van der Waals surface area contributed by atoms with Crippen LogP contribution in [0.4, 0.5) is 23.1 Å². The Balaban J connectivity index is 1.60. The molecule has 0 atom stereocenters. The van der Waals surface area contributed by atoms with Crippen LogP contribution in [0, 0.1) is 0 Å². The molecule has 28 heavy (non-hydrogen) atoms. The summed E-state index contributed by atoms with van der Waals surface area (Å²) in [5.41, 5.74) is 0.197. The first kappa shape index (κ1) is 20.7. The quantitative estimate of drug-likeness (QED) is 0.699. The molecule has 1 saturated heterocycles. The number of hydrogen-bond acceptors (Lipinski definition) is 6. The standard InChI is InChI=1S/C17H23F3N4O3S/c1-16(2,3)27-15(26)23-8-6-22(7-9-23)14-21-11-4-5-24(10-12(11)28-14)13(25)17(18,19)20/h4-10H2,1-3H3. The Bertz CT molecular complexity index is 752. The highest BCUT2D eigenvalue weighted by Crippen LogP contribution is 2.32. The first-order valence-electron chi connectivity index (χ1n) is 9.01. The Morgan fingerprint density at radius 3 is 2.25 bits per heavy atom. The van der Waals surface area contributed by atoms with Gasteiger partial charge in [-0.25, -0.2) is 9.78 Å². The van der Waals surface area contributed by atoms with E-state index < -0.39 is 17.7 Å². The zero-order valence-corrected chi connectivity index (χ0v) is 16.8. The number of piperazine rings is 1. The van der Waals surface area contributed by atoms with Gasteiger partial charge < -0.3 is 19.4 Å². The molecule has 0 saturated carbocycles. The molecule has 156 valence electrons. The second-order valence-corrected chi connectivity index (χ2v) is 8.86. The van der Waals surface area contributed by atoms with E-state index in [1.165, 1.54) is 11.3 Å². The van der Waals surface area contributed by atoms with Crippen LogP contribution in [0.2, 0.25) is 0 Å². The summed E-state index contributed by atoms with van der Waals surface area (Å²) in [4.78, 5) is 33.3.